The number of nitrogens with one attached hydrogen (secondary N) is 2. The lowest BCUT2D eigenvalue weighted by molar-refractivity contribution is -0.119. The predicted octanol–water partition coefficient (Wildman–Crippen LogP) is -0.689. The van der Waals surface area contributed by atoms with E-state index in [1.165, 1.54) is 14.1 Å². The van der Waals surface area contributed by atoms with Crippen LogP contribution in [-0.2, 0) is 18.9 Å². The van der Waals surface area contributed by atoms with Crippen LogP contribution in [-0.4, -0.2) is 31.9 Å². The molecule has 2 amide bonds. The van der Waals surface area contributed by atoms with E-state index in [0.29, 0.717) is 6.07 Å². The van der Waals surface area contributed by atoms with Crippen LogP contribution in [0.25, 0.3) is 0 Å². The van der Waals surface area contributed by atoms with Crippen molar-refractivity contribution in [1.82, 2.24) is 25.2 Å². The number of aryl methyl sites for hydroxylation is 1. The minimum Gasteiger partial charge on any atom is -0.272 e. The van der Waals surface area contributed by atoms with Crippen molar-refractivity contribution in [3.8, 4) is 0 Å². The standard InChI is InChI=1S/C14H13F2N5O4S/c1-20-13(24)12(19-21(2)14(20)25)26-6-10(22)17-18-11(23)7-3-4-8(15)9(16)5-7/h3-5H,6H2,1-2H3,(H,17,22)(H,18,23). The van der Waals surface area contributed by atoms with Crippen LogP contribution in [0.3, 0.4) is 0 Å². The highest BCUT2D eigenvalue weighted by Crippen LogP contribution is 2.09. The first-order valence-electron chi connectivity index (χ1n) is 7.02. The number of hydrogen-bond donors (Lipinski definition) is 2. The fourth-order valence-corrected chi connectivity index (χ4v) is 2.55. The summed E-state index contributed by atoms with van der Waals surface area (Å²) in [4.78, 5) is 46.9. The molecule has 0 aliphatic heterocycles. The van der Waals surface area contributed by atoms with Gasteiger partial charge in [-0.1, -0.05) is 11.8 Å². The molecule has 0 saturated heterocycles. The molecule has 0 unspecified atom stereocenters. The normalized spacial score (nSPS) is 10.5. The highest BCUT2D eigenvalue weighted by Gasteiger charge is 2.13. The van der Waals surface area contributed by atoms with Crippen LogP contribution in [0.15, 0.2) is 32.8 Å². The molecule has 0 atom stereocenters. The number of carbonyl (C=O) groups is 2. The van der Waals surface area contributed by atoms with Crippen LogP contribution >= 0.6 is 11.8 Å². The molecule has 2 rings (SSSR count). The summed E-state index contributed by atoms with van der Waals surface area (Å²) in [5.74, 6) is -4.11. The fourth-order valence-electron chi connectivity index (χ4n) is 1.77. The molecule has 0 saturated carbocycles. The molecular formula is C14H13F2N5O4S. The van der Waals surface area contributed by atoms with Crippen LogP contribution in [0, 0.1) is 11.6 Å². The van der Waals surface area contributed by atoms with E-state index < -0.39 is 34.7 Å². The number of halogens is 2. The van der Waals surface area contributed by atoms with Gasteiger partial charge in [-0.3, -0.25) is 29.8 Å². The molecule has 0 spiro atoms. The van der Waals surface area contributed by atoms with Gasteiger partial charge in [0.2, 0.25) is 5.91 Å². The Balaban J connectivity index is 1.93. The molecule has 26 heavy (non-hydrogen) atoms. The number of carbonyl (C=O) groups excluding carboxylic acids is 2. The third-order valence-electron chi connectivity index (χ3n) is 3.13. The second-order valence-corrected chi connectivity index (χ2v) is 5.96. The molecule has 0 fully saturated rings. The molecule has 12 heteroatoms. The number of hydrogen-bond acceptors (Lipinski definition) is 6. The average molecular weight is 385 g/mol. The number of rotatable bonds is 4. The number of nitrogens with zero attached hydrogens (tertiary/aromatic N) is 3. The lowest BCUT2D eigenvalue weighted by Crippen LogP contribution is -2.43. The van der Waals surface area contributed by atoms with Gasteiger partial charge in [-0.25, -0.2) is 18.3 Å². The Bertz CT molecular complexity index is 988. The van der Waals surface area contributed by atoms with E-state index >= 15 is 0 Å². The van der Waals surface area contributed by atoms with Crippen molar-refractivity contribution in [2.45, 2.75) is 5.03 Å². The van der Waals surface area contributed by atoms with Gasteiger partial charge in [-0.2, -0.15) is 5.10 Å². The summed E-state index contributed by atoms with van der Waals surface area (Å²) in [5.41, 5.74) is 2.64. The summed E-state index contributed by atoms with van der Waals surface area (Å²) in [6.07, 6.45) is 0. The largest absolute Gasteiger partial charge is 0.346 e. The Morgan fingerprint density at radius 1 is 1.15 bits per heavy atom. The highest BCUT2D eigenvalue weighted by molar-refractivity contribution is 7.99. The van der Waals surface area contributed by atoms with E-state index in [1.54, 1.807) is 0 Å². The first-order chi connectivity index (χ1) is 12.2. The quantitative estimate of drug-likeness (QED) is 0.532. The highest BCUT2D eigenvalue weighted by atomic mass is 32.2. The molecule has 0 aliphatic rings. The zero-order chi connectivity index (χ0) is 19.4. The van der Waals surface area contributed by atoms with Gasteiger partial charge in [0.05, 0.1) is 5.75 Å². The molecule has 2 N–H and O–H groups in total. The van der Waals surface area contributed by atoms with Gasteiger partial charge in [0.1, 0.15) is 0 Å². The molecular weight excluding hydrogens is 372 g/mol. The number of thioether (sulfide) groups is 1. The maximum atomic E-state index is 13.1. The van der Waals surface area contributed by atoms with Crippen molar-refractivity contribution in [1.29, 1.82) is 0 Å². The monoisotopic (exact) mass is 385 g/mol. The number of aromatic nitrogens is 3. The lowest BCUT2D eigenvalue weighted by Gasteiger charge is -2.08. The molecule has 0 radical (unpaired) electrons. The molecule has 1 aromatic carbocycles. The molecule has 1 aromatic heterocycles. The second-order valence-electron chi connectivity index (χ2n) is 5.00. The molecule has 1 heterocycles. The van der Waals surface area contributed by atoms with Crippen molar-refractivity contribution >= 4 is 23.6 Å². The summed E-state index contributed by atoms with van der Waals surface area (Å²) in [7, 11) is 2.63. The smallest absolute Gasteiger partial charge is 0.272 e. The van der Waals surface area contributed by atoms with E-state index in [9.17, 15) is 28.0 Å². The number of benzene rings is 1. The summed E-state index contributed by atoms with van der Waals surface area (Å²) in [6.45, 7) is 0. The van der Waals surface area contributed by atoms with Gasteiger partial charge >= 0.3 is 5.69 Å². The predicted molar refractivity (Wildman–Crippen MR) is 87.4 cm³/mol. The van der Waals surface area contributed by atoms with Gasteiger partial charge in [-0.15, -0.1) is 0 Å². The first-order valence-corrected chi connectivity index (χ1v) is 8.00. The summed E-state index contributed by atoms with van der Waals surface area (Å²) >= 11 is 0.767. The van der Waals surface area contributed by atoms with Crippen molar-refractivity contribution in [3.63, 3.8) is 0 Å². The zero-order valence-electron chi connectivity index (χ0n) is 13.6. The molecule has 9 nitrogen and oxygen atoms in total. The van der Waals surface area contributed by atoms with E-state index in [2.05, 4.69) is 10.5 Å². The SMILES string of the molecule is Cn1nc(SCC(=O)NNC(=O)c2ccc(F)c(F)c2)c(=O)n(C)c1=O. The molecule has 0 aliphatic carbocycles. The van der Waals surface area contributed by atoms with Crippen molar-refractivity contribution < 1.29 is 18.4 Å². The summed E-state index contributed by atoms with van der Waals surface area (Å²) in [5, 5.41) is 3.68. The van der Waals surface area contributed by atoms with Crippen molar-refractivity contribution in [3.05, 3.63) is 56.2 Å². The van der Waals surface area contributed by atoms with E-state index in [-0.39, 0.29) is 16.3 Å². The van der Waals surface area contributed by atoms with Crippen LogP contribution in [0.4, 0.5) is 8.78 Å². The number of amides is 2. The topological polar surface area (TPSA) is 115 Å². The van der Waals surface area contributed by atoms with Crippen molar-refractivity contribution in [2.75, 3.05) is 5.75 Å². The Kier molecular flexibility index (Phi) is 5.87. The maximum absolute atomic E-state index is 13.1. The van der Waals surface area contributed by atoms with Gasteiger partial charge in [0, 0.05) is 19.7 Å². The minimum atomic E-state index is -1.20. The fraction of sp³-hybridized carbons (Fsp3) is 0.214. The Morgan fingerprint density at radius 3 is 2.50 bits per heavy atom. The summed E-state index contributed by atoms with van der Waals surface area (Å²) < 4.78 is 27.7. The summed E-state index contributed by atoms with van der Waals surface area (Å²) in [6, 6.07) is 2.51. The third kappa shape index (κ3) is 4.33. The van der Waals surface area contributed by atoms with Crippen molar-refractivity contribution in [2.24, 2.45) is 14.1 Å². The molecule has 0 bridgehead atoms. The maximum Gasteiger partial charge on any atom is 0.346 e. The van der Waals surface area contributed by atoms with Crippen LogP contribution in [0.2, 0.25) is 0 Å². The Morgan fingerprint density at radius 2 is 1.85 bits per heavy atom. The number of hydrazine groups is 1. The molecule has 2 aromatic rings. The van der Waals surface area contributed by atoms with E-state index in [0.717, 1.165) is 33.1 Å². The van der Waals surface area contributed by atoms with Crippen LogP contribution in [0.5, 0.6) is 0 Å². The van der Waals surface area contributed by atoms with Gasteiger partial charge in [-0.05, 0) is 18.2 Å². The zero-order valence-corrected chi connectivity index (χ0v) is 14.4. The minimum absolute atomic E-state index is 0.0725. The van der Waals surface area contributed by atoms with Crippen LogP contribution < -0.4 is 22.1 Å². The van der Waals surface area contributed by atoms with Gasteiger partial charge in [0.25, 0.3) is 11.5 Å². The van der Waals surface area contributed by atoms with Gasteiger partial charge < -0.3 is 0 Å². The second kappa shape index (κ2) is 7.91. The first kappa shape index (κ1) is 19.3. The van der Waals surface area contributed by atoms with Gasteiger partial charge in [0.15, 0.2) is 16.7 Å². The third-order valence-corrected chi connectivity index (χ3v) is 4.07. The molecule has 138 valence electrons. The van der Waals surface area contributed by atoms with Crippen LogP contribution in [0.1, 0.15) is 10.4 Å². The lowest BCUT2D eigenvalue weighted by atomic mass is 10.2. The average Bonchev–Trinajstić information content (AvgIpc) is 2.62. The Hall–Kier alpha value is -3.02. The van der Waals surface area contributed by atoms with E-state index in [1.807, 2.05) is 5.43 Å². The Labute approximate surface area is 149 Å². The van der Waals surface area contributed by atoms with E-state index in [4.69, 9.17) is 0 Å².